The monoisotopic (exact) mass is 282 g/mol. The van der Waals surface area contributed by atoms with E-state index >= 15 is 0 Å². The second-order valence-electron chi connectivity index (χ2n) is 4.65. The van der Waals surface area contributed by atoms with E-state index < -0.39 is 5.97 Å². The Hall–Kier alpha value is -2.73. The number of nitrogens with zero attached hydrogens (tertiary/aromatic N) is 3. The predicted octanol–water partition coefficient (Wildman–Crippen LogP) is 1.72. The SMILES string of the molecule is O=C(O)c1ccc(CNCc2nnc3ccccn23)cc1. The minimum absolute atomic E-state index is 0.294. The number of hydrogen-bond donors (Lipinski definition) is 2. The van der Waals surface area contributed by atoms with E-state index in [-0.39, 0.29) is 0 Å². The largest absolute Gasteiger partial charge is 0.478 e. The van der Waals surface area contributed by atoms with E-state index in [1.54, 1.807) is 24.3 Å². The number of carbonyl (C=O) groups is 1. The second kappa shape index (κ2) is 5.72. The third kappa shape index (κ3) is 2.90. The van der Waals surface area contributed by atoms with Crippen LogP contribution < -0.4 is 5.32 Å². The molecule has 21 heavy (non-hydrogen) atoms. The Morgan fingerprint density at radius 1 is 1.10 bits per heavy atom. The first kappa shape index (κ1) is 13.3. The number of fused-ring (bicyclic) bond motifs is 1. The lowest BCUT2D eigenvalue weighted by atomic mass is 10.1. The number of benzene rings is 1. The summed E-state index contributed by atoms with van der Waals surface area (Å²) in [6, 6.07) is 12.6. The van der Waals surface area contributed by atoms with Crippen LogP contribution in [-0.4, -0.2) is 25.7 Å². The Morgan fingerprint density at radius 3 is 2.67 bits per heavy atom. The molecule has 3 rings (SSSR count). The Bertz CT molecular complexity index is 765. The van der Waals surface area contributed by atoms with Crippen molar-refractivity contribution in [3.05, 3.63) is 65.6 Å². The Kier molecular flexibility index (Phi) is 3.61. The molecule has 0 unspecified atom stereocenters. The number of nitrogens with one attached hydrogen (secondary N) is 1. The average Bonchev–Trinajstić information content (AvgIpc) is 2.91. The highest BCUT2D eigenvalue weighted by atomic mass is 16.4. The molecule has 106 valence electrons. The number of aromatic carboxylic acids is 1. The number of carboxylic acids is 1. The molecular formula is C15H14N4O2. The Balaban J connectivity index is 1.62. The van der Waals surface area contributed by atoms with Crippen LogP contribution in [0.3, 0.4) is 0 Å². The minimum Gasteiger partial charge on any atom is -0.478 e. The van der Waals surface area contributed by atoms with E-state index in [1.807, 2.05) is 28.8 Å². The lowest BCUT2D eigenvalue weighted by Gasteiger charge is -2.04. The van der Waals surface area contributed by atoms with Crippen molar-refractivity contribution in [1.29, 1.82) is 0 Å². The van der Waals surface area contributed by atoms with E-state index in [1.165, 1.54) is 0 Å². The molecule has 0 aliphatic heterocycles. The molecule has 2 heterocycles. The fourth-order valence-corrected chi connectivity index (χ4v) is 2.10. The number of hydrogen-bond acceptors (Lipinski definition) is 4. The van der Waals surface area contributed by atoms with Crippen molar-refractivity contribution in [3.8, 4) is 0 Å². The molecule has 0 amide bonds. The van der Waals surface area contributed by atoms with Crippen LogP contribution in [-0.2, 0) is 13.1 Å². The minimum atomic E-state index is -0.913. The van der Waals surface area contributed by atoms with Crippen LogP contribution in [0.15, 0.2) is 48.7 Å². The lowest BCUT2D eigenvalue weighted by molar-refractivity contribution is 0.0697. The zero-order chi connectivity index (χ0) is 14.7. The van der Waals surface area contributed by atoms with Gasteiger partial charge in [-0.3, -0.25) is 4.40 Å². The van der Waals surface area contributed by atoms with Crippen LogP contribution in [0.25, 0.3) is 5.65 Å². The molecule has 0 radical (unpaired) electrons. The molecule has 0 spiro atoms. The first-order valence-electron chi connectivity index (χ1n) is 6.55. The van der Waals surface area contributed by atoms with Gasteiger partial charge >= 0.3 is 5.97 Å². The molecule has 0 aliphatic rings. The number of rotatable bonds is 5. The van der Waals surface area contributed by atoms with Gasteiger partial charge in [0.1, 0.15) is 0 Å². The summed E-state index contributed by atoms with van der Waals surface area (Å²) >= 11 is 0. The molecule has 0 bridgehead atoms. The fourth-order valence-electron chi connectivity index (χ4n) is 2.10. The summed E-state index contributed by atoms with van der Waals surface area (Å²) in [4.78, 5) is 10.8. The summed E-state index contributed by atoms with van der Waals surface area (Å²) in [5.74, 6) is -0.0720. The smallest absolute Gasteiger partial charge is 0.335 e. The van der Waals surface area contributed by atoms with Gasteiger partial charge in [0, 0.05) is 12.7 Å². The maximum absolute atomic E-state index is 10.8. The molecule has 2 N–H and O–H groups in total. The predicted molar refractivity (Wildman–Crippen MR) is 76.9 cm³/mol. The number of carboxylic acid groups (broad SMARTS) is 1. The van der Waals surface area contributed by atoms with Crippen LogP contribution in [0.4, 0.5) is 0 Å². The molecule has 2 aromatic heterocycles. The van der Waals surface area contributed by atoms with Crippen molar-refractivity contribution >= 4 is 11.6 Å². The zero-order valence-electron chi connectivity index (χ0n) is 11.2. The van der Waals surface area contributed by atoms with Crippen molar-refractivity contribution in [3.63, 3.8) is 0 Å². The van der Waals surface area contributed by atoms with Gasteiger partial charge in [-0.2, -0.15) is 0 Å². The third-order valence-electron chi connectivity index (χ3n) is 3.20. The van der Waals surface area contributed by atoms with Gasteiger partial charge in [-0.15, -0.1) is 10.2 Å². The van der Waals surface area contributed by atoms with Gasteiger partial charge in [-0.25, -0.2) is 4.79 Å². The van der Waals surface area contributed by atoms with Gasteiger partial charge < -0.3 is 10.4 Å². The first-order valence-corrected chi connectivity index (χ1v) is 6.55. The van der Waals surface area contributed by atoms with E-state index in [0.717, 1.165) is 17.0 Å². The Morgan fingerprint density at radius 2 is 1.90 bits per heavy atom. The molecule has 0 aliphatic carbocycles. The van der Waals surface area contributed by atoms with Crippen molar-refractivity contribution in [2.24, 2.45) is 0 Å². The van der Waals surface area contributed by atoms with Gasteiger partial charge in [0.05, 0.1) is 12.1 Å². The molecule has 0 fully saturated rings. The number of aromatic nitrogens is 3. The topological polar surface area (TPSA) is 79.5 Å². The van der Waals surface area contributed by atoms with Gasteiger partial charge in [0.25, 0.3) is 0 Å². The van der Waals surface area contributed by atoms with Crippen molar-refractivity contribution in [2.75, 3.05) is 0 Å². The summed E-state index contributed by atoms with van der Waals surface area (Å²) in [6.45, 7) is 1.23. The molecular weight excluding hydrogens is 268 g/mol. The van der Waals surface area contributed by atoms with E-state index in [4.69, 9.17) is 5.11 Å². The molecule has 1 aromatic carbocycles. The zero-order valence-corrected chi connectivity index (χ0v) is 11.2. The molecule has 0 saturated carbocycles. The van der Waals surface area contributed by atoms with Crippen LogP contribution in [0.5, 0.6) is 0 Å². The highest BCUT2D eigenvalue weighted by molar-refractivity contribution is 5.87. The Labute approximate surface area is 121 Å². The molecule has 6 nitrogen and oxygen atoms in total. The first-order chi connectivity index (χ1) is 10.2. The van der Waals surface area contributed by atoms with Gasteiger partial charge in [-0.05, 0) is 29.8 Å². The molecule has 0 atom stereocenters. The van der Waals surface area contributed by atoms with E-state index in [9.17, 15) is 4.79 Å². The molecule has 6 heteroatoms. The highest BCUT2D eigenvalue weighted by Crippen LogP contribution is 2.06. The normalized spacial score (nSPS) is 10.9. The summed E-state index contributed by atoms with van der Waals surface area (Å²) < 4.78 is 1.93. The van der Waals surface area contributed by atoms with E-state index in [2.05, 4.69) is 15.5 Å². The maximum Gasteiger partial charge on any atom is 0.335 e. The van der Waals surface area contributed by atoms with Gasteiger partial charge in [0.2, 0.25) is 0 Å². The highest BCUT2D eigenvalue weighted by Gasteiger charge is 2.04. The van der Waals surface area contributed by atoms with Crippen molar-refractivity contribution in [1.82, 2.24) is 19.9 Å². The van der Waals surface area contributed by atoms with Gasteiger partial charge in [-0.1, -0.05) is 18.2 Å². The summed E-state index contributed by atoms with van der Waals surface area (Å²) in [5, 5.41) is 20.3. The van der Waals surface area contributed by atoms with Crippen LogP contribution in [0, 0.1) is 0 Å². The third-order valence-corrected chi connectivity index (χ3v) is 3.20. The maximum atomic E-state index is 10.8. The second-order valence-corrected chi connectivity index (χ2v) is 4.65. The molecule has 0 saturated heterocycles. The van der Waals surface area contributed by atoms with Crippen LogP contribution >= 0.6 is 0 Å². The quantitative estimate of drug-likeness (QED) is 0.745. The van der Waals surface area contributed by atoms with E-state index in [0.29, 0.717) is 18.7 Å². The fraction of sp³-hybridized carbons (Fsp3) is 0.133. The average molecular weight is 282 g/mol. The standard InChI is InChI=1S/C15H14N4O2/c20-15(21)12-6-4-11(5-7-12)9-16-10-14-18-17-13-3-1-2-8-19(13)14/h1-8,16H,9-10H2,(H,20,21). The summed E-state index contributed by atoms with van der Waals surface area (Å²) in [7, 11) is 0. The van der Waals surface area contributed by atoms with Crippen molar-refractivity contribution in [2.45, 2.75) is 13.1 Å². The van der Waals surface area contributed by atoms with Gasteiger partial charge in [0.15, 0.2) is 11.5 Å². The summed E-state index contributed by atoms with van der Waals surface area (Å²) in [5.41, 5.74) is 2.14. The number of pyridine rings is 1. The molecule has 3 aromatic rings. The van der Waals surface area contributed by atoms with Crippen LogP contribution in [0.1, 0.15) is 21.7 Å². The summed E-state index contributed by atoms with van der Waals surface area (Å²) in [6.07, 6.45) is 1.92. The van der Waals surface area contributed by atoms with Crippen molar-refractivity contribution < 1.29 is 9.90 Å². The lowest BCUT2D eigenvalue weighted by Crippen LogP contribution is -2.15. The van der Waals surface area contributed by atoms with Crippen LogP contribution in [0.2, 0.25) is 0 Å².